The third kappa shape index (κ3) is 5.27. The topological polar surface area (TPSA) is 82.1 Å². The molecule has 1 aromatic rings. The van der Waals surface area contributed by atoms with Crippen LogP contribution in [-0.2, 0) is 4.79 Å². The van der Waals surface area contributed by atoms with Gasteiger partial charge in [-0.15, -0.1) is 11.8 Å². The maximum absolute atomic E-state index is 12.0. The fraction of sp³-hybridized carbons (Fsp3) is 0.375. The second kappa shape index (κ2) is 8.96. The van der Waals surface area contributed by atoms with Crippen LogP contribution in [0.15, 0.2) is 34.3 Å². The molecule has 2 rings (SSSR count). The zero-order valence-electron chi connectivity index (χ0n) is 12.7. The number of anilines is 1. The number of unbranched alkanes of at least 4 members (excludes halogenated alkanes) is 1. The number of rotatable bonds is 7. The van der Waals surface area contributed by atoms with Gasteiger partial charge in [0.1, 0.15) is 0 Å². The number of thioether (sulfide) groups is 1. The zero-order chi connectivity index (χ0) is 16.7. The van der Waals surface area contributed by atoms with E-state index in [1.54, 1.807) is 35.0 Å². The first-order chi connectivity index (χ1) is 11.1. The average molecular weight is 395 g/mol. The molecule has 1 aliphatic heterocycles. The van der Waals surface area contributed by atoms with E-state index in [0.29, 0.717) is 17.9 Å². The van der Waals surface area contributed by atoms with Gasteiger partial charge in [-0.3, -0.25) is 4.79 Å². The van der Waals surface area contributed by atoms with Gasteiger partial charge in [0.25, 0.3) is 0 Å². The molecule has 23 heavy (non-hydrogen) atoms. The van der Waals surface area contributed by atoms with E-state index in [0.717, 1.165) is 29.5 Å². The smallest absolute Gasteiger partial charge is 0.244 e. The molecule has 0 radical (unpaired) electrons. The lowest BCUT2D eigenvalue weighted by molar-refractivity contribution is -0.129. The number of carbonyl (C=O) groups excluding carboxylic acids is 1. The Morgan fingerprint density at radius 2 is 2.35 bits per heavy atom. The Morgan fingerprint density at radius 1 is 1.52 bits per heavy atom. The minimum Gasteiger partial charge on any atom is -0.384 e. The highest BCUT2D eigenvalue weighted by molar-refractivity contribution is 9.10. The number of hydrogen-bond acceptors (Lipinski definition) is 5. The van der Waals surface area contributed by atoms with Gasteiger partial charge < -0.3 is 16.0 Å². The summed E-state index contributed by atoms with van der Waals surface area (Å²) in [5.74, 6) is 0.662. The van der Waals surface area contributed by atoms with Crippen molar-refractivity contribution in [3.63, 3.8) is 0 Å². The summed E-state index contributed by atoms with van der Waals surface area (Å²) in [6.07, 6.45) is 4.29. The minimum atomic E-state index is -0.431. The number of amides is 1. The van der Waals surface area contributed by atoms with Crippen LogP contribution in [0.25, 0.3) is 0 Å². The lowest BCUT2D eigenvalue weighted by Crippen LogP contribution is -2.40. The maximum atomic E-state index is 12.0. The molecule has 1 amide bonds. The van der Waals surface area contributed by atoms with Crippen LogP contribution in [0.2, 0.25) is 0 Å². The molecule has 1 aliphatic rings. The number of nitrogens with one attached hydrogen (secondary N) is 1. The second-order valence-electron chi connectivity index (χ2n) is 5.22. The van der Waals surface area contributed by atoms with Gasteiger partial charge in [0.05, 0.1) is 23.6 Å². The van der Waals surface area contributed by atoms with Gasteiger partial charge in [0.15, 0.2) is 0 Å². The molecule has 0 saturated heterocycles. The molecule has 0 fully saturated rings. The largest absolute Gasteiger partial charge is 0.384 e. The Bertz CT molecular complexity index is 629. The summed E-state index contributed by atoms with van der Waals surface area (Å²) >= 11 is 5.04. The second-order valence-corrected chi connectivity index (χ2v) is 6.94. The van der Waals surface area contributed by atoms with E-state index in [-0.39, 0.29) is 5.91 Å². The van der Waals surface area contributed by atoms with Crippen LogP contribution < -0.4 is 11.1 Å². The summed E-state index contributed by atoms with van der Waals surface area (Å²) in [6.45, 7) is 0.797. The van der Waals surface area contributed by atoms with E-state index < -0.39 is 6.04 Å². The first kappa shape index (κ1) is 17.9. The third-order valence-corrected chi connectivity index (χ3v) is 4.90. The SMILES string of the molecule is N#Cc1ccc(NCCCC[C@H](N)C(=O)N2C=CSC2)c(Br)c1. The van der Waals surface area contributed by atoms with Crippen molar-refractivity contribution in [1.82, 2.24) is 4.90 Å². The number of carbonyl (C=O) groups is 1. The monoisotopic (exact) mass is 394 g/mol. The van der Waals surface area contributed by atoms with Crippen molar-refractivity contribution in [2.24, 2.45) is 5.73 Å². The highest BCUT2D eigenvalue weighted by Crippen LogP contribution is 2.23. The van der Waals surface area contributed by atoms with Crippen molar-refractivity contribution in [3.8, 4) is 6.07 Å². The molecule has 1 heterocycles. The summed E-state index contributed by atoms with van der Waals surface area (Å²) in [5, 5.41) is 14.1. The minimum absolute atomic E-state index is 0.00551. The highest BCUT2D eigenvalue weighted by Gasteiger charge is 2.20. The normalized spacial score (nSPS) is 14.6. The predicted octanol–water partition coefficient (Wildman–Crippen LogP) is 3.23. The van der Waals surface area contributed by atoms with Gasteiger partial charge in [-0.25, -0.2) is 0 Å². The number of benzene rings is 1. The van der Waals surface area contributed by atoms with Gasteiger partial charge in [0, 0.05) is 22.9 Å². The van der Waals surface area contributed by atoms with Gasteiger partial charge in [-0.1, -0.05) is 0 Å². The third-order valence-electron chi connectivity index (χ3n) is 3.51. The molecule has 5 nitrogen and oxygen atoms in total. The van der Waals surface area contributed by atoms with Crippen molar-refractivity contribution < 1.29 is 4.79 Å². The highest BCUT2D eigenvalue weighted by atomic mass is 79.9. The molecule has 1 atom stereocenters. The fourth-order valence-electron chi connectivity index (χ4n) is 2.20. The van der Waals surface area contributed by atoms with Gasteiger partial charge in [-0.05, 0) is 58.8 Å². The van der Waals surface area contributed by atoms with E-state index in [1.165, 1.54) is 0 Å². The van der Waals surface area contributed by atoms with E-state index in [2.05, 4.69) is 27.3 Å². The Kier molecular flexibility index (Phi) is 6.96. The Labute approximate surface area is 149 Å². The van der Waals surface area contributed by atoms with Crippen LogP contribution in [0.5, 0.6) is 0 Å². The van der Waals surface area contributed by atoms with Crippen LogP contribution in [0.3, 0.4) is 0 Å². The Balaban J connectivity index is 1.66. The molecule has 0 bridgehead atoms. The molecular formula is C16H19BrN4OS. The van der Waals surface area contributed by atoms with E-state index >= 15 is 0 Å². The van der Waals surface area contributed by atoms with E-state index in [9.17, 15) is 4.79 Å². The fourth-order valence-corrected chi connectivity index (χ4v) is 3.41. The molecule has 0 aliphatic carbocycles. The lowest BCUT2D eigenvalue weighted by atomic mass is 10.1. The number of halogens is 1. The van der Waals surface area contributed by atoms with Crippen molar-refractivity contribution in [2.45, 2.75) is 25.3 Å². The molecule has 0 unspecified atom stereocenters. The number of nitrogens with zero attached hydrogens (tertiary/aromatic N) is 2. The quantitative estimate of drug-likeness (QED) is 0.693. The summed E-state index contributed by atoms with van der Waals surface area (Å²) in [5.41, 5.74) is 7.54. The number of nitrogens with two attached hydrogens (primary N) is 1. The number of hydrogen-bond donors (Lipinski definition) is 2. The van der Waals surface area contributed by atoms with Crippen molar-refractivity contribution in [3.05, 3.63) is 39.8 Å². The summed E-state index contributed by atoms with van der Waals surface area (Å²) in [6, 6.07) is 7.13. The van der Waals surface area contributed by atoms with Crippen LogP contribution >= 0.6 is 27.7 Å². The van der Waals surface area contributed by atoms with Crippen LogP contribution in [0, 0.1) is 11.3 Å². The number of nitriles is 1. The van der Waals surface area contributed by atoms with Crippen LogP contribution in [0.4, 0.5) is 5.69 Å². The standard InChI is InChI=1S/C16H19BrN4OS/c17-13-9-12(10-18)4-5-15(13)20-6-2-1-3-14(19)16(22)21-7-8-23-11-21/h4-5,7-9,14,20H,1-3,6,11,19H2/t14-/m0/s1. The Morgan fingerprint density at radius 3 is 3.00 bits per heavy atom. The molecule has 1 aromatic carbocycles. The summed E-state index contributed by atoms with van der Waals surface area (Å²) in [7, 11) is 0. The van der Waals surface area contributed by atoms with E-state index in [4.69, 9.17) is 11.0 Å². The molecule has 7 heteroatoms. The first-order valence-corrected chi connectivity index (χ1v) is 9.24. The van der Waals surface area contributed by atoms with Gasteiger partial charge >= 0.3 is 0 Å². The van der Waals surface area contributed by atoms with Crippen LogP contribution in [-0.4, -0.2) is 29.3 Å². The van der Waals surface area contributed by atoms with Crippen molar-refractivity contribution >= 4 is 39.3 Å². The molecule has 122 valence electrons. The zero-order valence-corrected chi connectivity index (χ0v) is 15.1. The molecule has 0 spiro atoms. The summed E-state index contributed by atoms with van der Waals surface area (Å²) < 4.78 is 0.877. The first-order valence-electron chi connectivity index (χ1n) is 7.39. The van der Waals surface area contributed by atoms with Crippen LogP contribution in [0.1, 0.15) is 24.8 Å². The molecule has 0 saturated carbocycles. The Hall–Kier alpha value is -1.49. The van der Waals surface area contributed by atoms with E-state index in [1.807, 2.05) is 11.5 Å². The maximum Gasteiger partial charge on any atom is 0.244 e. The van der Waals surface area contributed by atoms with Gasteiger partial charge in [0.2, 0.25) is 5.91 Å². The average Bonchev–Trinajstić information content (AvgIpc) is 3.09. The lowest BCUT2D eigenvalue weighted by Gasteiger charge is -2.18. The predicted molar refractivity (Wildman–Crippen MR) is 97.6 cm³/mol. The molecule has 3 N–H and O–H groups in total. The van der Waals surface area contributed by atoms with Gasteiger partial charge in [-0.2, -0.15) is 5.26 Å². The molecular weight excluding hydrogens is 376 g/mol. The molecule has 0 aromatic heterocycles. The summed E-state index contributed by atoms with van der Waals surface area (Å²) in [4.78, 5) is 13.7. The van der Waals surface area contributed by atoms with Crippen molar-refractivity contribution in [2.75, 3.05) is 17.7 Å². The van der Waals surface area contributed by atoms with Crippen molar-refractivity contribution in [1.29, 1.82) is 5.26 Å².